The fourth-order valence-corrected chi connectivity index (χ4v) is 2.70. The summed E-state index contributed by atoms with van der Waals surface area (Å²) < 4.78 is 12.3. The number of rotatable bonds is 8. The lowest BCUT2D eigenvalue weighted by atomic mass is 10.2. The average Bonchev–Trinajstić information content (AvgIpc) is 3.18. The SMILES string of the molecule is COCCOc1c(Cl)cccc1NC(=O)/C=C/c1cnn(-c2ccccc2)c1. The summed E-state index contributed by atoms with van der Waals surface area (Å²) in [5.74, 6) is 0.117. The Labute approximate surface area is 168 Å². The predicted octanol–water partition coefficient (Wildman–Crippen LogP) is 4.20. The van der Waals surface area contributed by atoms with Crippen molar-refractivity contribution in [3.05, 3.63) is 77.6 Å². The third-order valence-electron chi connectivity index (χ3n) is 3.81. The van der Waals surface area contributed by atoms with Crippen LogP contribution in [-0.2, 0) is 9.53 Å². The molecular formula is C21H20ClN3O3. The van der Waals surface area contributed by atoms with Gasteiger partial charge in [0, 0.05) is 24.9 Å². The summed E-state index contributed by atoms with van der Waals surface area (Å²) in [5, 5.41) is 7.50. The molecule has 144 valence electrons. The predicted molar refractivity (Wildman–Crippen MR) is 110 cm³/mol. The fourth-order valence-electron chi connectivity index (χ4n) is 2.47. The molecule has 1 amide bonds. The van der Waals surface area contributed by atoms with Crippen LogP contribution < -0.4 is 10.1 Å². The van der Waals surface area contributed by atoms with E-state index in [0.717, 1.165) is 11.3 Å². The van der Waals surface area contributed by atoms with Crippen molar-refractivity contribution in [2.24, 2.45) is 0 Å². The first-order chi connectivity index (χ1) is 13.7. The minimum absolute atomic E-state index is 0.300. The van der Waals surface area contributed by atoms with Crippen LogP contribution in [-0.4, -0.2) is 36.0 Å². The Bertz CT molecular complexity index is 955. The number of benzene rings is 2. The van der Waals surface area contributed by atoms with Gasteiger partial charge in [0.05, 0.1) is 29.2 Å². The maximum atomic E-state index is 12.3. The number of nitrogens with one attached hydrogen (secondary N) is 1. The first-order valence-electron chi connectivity index (χ1n) is 8.67. The van der Waals surface area contributed by atoms with E-state index < -0.39 is 0 Å². The van der Waals surface area contributed by atoms with Crippen LogP contribution in [0.1, 0.15) is 5.56 Å². The molecule has 0 fully saturated rings. The number of methoxy groups -OCH3 is 1. The fraction of sp³-hybridized carbons (Fsp3) is 0.143. The number of aromatic nitrogens is 2. The van der Waals surface area contributed by atoms with Crippen molar-refractivity contribution < 1.29 is 14.3 Å². The Balaban J connectivity index is 1.66. The smallest absolute Gasteiger partial charge is 0.248 e. The van der Waals surface area contributed by atoms with Crippen molar-refractivity contribution >= 4 is 29.3 Å². The lowest BCUT2D eigenvalue weighted by molar-refractivity contribution is -0.111. The minimum atomic E-state index is -0.300. The van der Waals surface area contributed by atoms with Crippen molar-refractivity contribution in [2.75, 3.05) is 25.6 Å². The van der Waals surface area contributed by atoms with Gasteiger partial charge in [0.15, 0.2) is 5.75 Å². The number of hydrogen-bond donors (Lipinski definition) is 1. The number of carbonyl (C=O) groups is 1. The van der Waals surface area contributed by atoms with Gasteiger partial charge in [-0.15, -0.1) is 0 Å². The zero-order valence-electron chi connectivity index (χ0n) is 15.3. The van der Waals surface area contributed by atoms with Gasteiger partial charge < -0.3 is 14.8 Å². The normalized spacial score (nSPS) is 10.9. The zero-order valence-corrected chi connectivity index (χ0v) is 16.1. The van der Waals surface area contributed by atoms with E-state index in [1.54, 1.807) is 42.3 Å². The Hall–Kier alpha value is -3.09. The number of hydrogen-bond acceptors (Lipinski definition) is 4. The molecule has 3 rings (SSSR count). The topological polar surface area (TPSA) is 65.4 Å². The van der Waals surface area contributed by atoms with E-state index in [1.165, 1.54) is 6.08 Å². The van der Waals surface area contributed by atoms with Gasteiger partial charge in [0.25, 0.3) is 0 Å². The zero-order chi connectivity index (χ0) is 19.8. The molecule has 0 saturated heterocycles. The first-order valence-corrected chi connectivity index (χ1v) is 9.04. The van der Waals surface area contributed by atoms with Gasteiger partial charge in [0.1, 0.15) is 6.61 Å². The Morgan fingerprint density at radius 3 is 2.79 bits per heavy atom. The molecule has 0 aliphatic heterocycles. The molecule has 0 unspecified atom stereocenters. The Kier molecular flexibility index (Phi) is 6.84. The number of halogens is 1. The Morgan fingerprint density at radius 1 is 1.18 bits per heavy atom. The molecule has 0 saturated carbocycles. The van der Waals surface area contributed by atoms with Crippen molar-refractivity contribution in [1.29, 1.82) is 0 Å². The van der Waals surface area contributed by atoms with Crippen LogP contribution >= 0.6 is 11.6 Å². The molecule has 2 aromatic carbocycles. The third kappa shape index (κ3) is 5.22. The second kappa shape index (κ2) is 9.73. The lowest BCUT2D eigenvalue weighted by Crippen LogP contribution is -2.11. The van der Waals surface area contributed by atoms with Crippen molar-refractivity contribution in [1.82, 2.24) is 9.78 Å². The van der Waals surface area contributed by atoms with Crippen LogP contribution in [0.15, 0.2) is 67.0 Å². The van der Waals surface area contributed by atoms with Crippen LogP contribution in [0.2, 0.25) is 5.02 Å². The number of carbonyl (C=O) groups excluding carboxylic acids is 1. The largest absolute Gasteiger partial charge is 0.487 e. The molecule has 1 heterocycles. The van der Waals surface area contributed by atoms with Crippen molar-refractivity contribution in [2.45, 2.75) is 0 Å². The summed E-state index contributed by atoms with van der Waals surface area (Å²) in [6.07, 6.45) is 6.66. The highest BCUT2D eigenvalue weighted by molar-refractivity contribution is 6.32. The van der Waals surface area contributed by atoms with Crippen molar-refractivity contribution in [3.8, 4) is 11.4 Å². The molecular weight excluding hydrogens is 378 g/mol. The summed E-state index contributed by atoms with van der Waals surface area (Å²) in [5.41, 5.74) is 2.25. The molecule has 1 aromatic heterocycles. The molecule has 1 N–H and O–H groups in total. The van der Waals surface area contributed by atoms with Crippen LogP contribution in [0.4, 0.5) is 5.69 Å². The number of anilines is 1. The highest BCUT2D eigenvalue weighted by atomic mass is 35.5. The van der Waals surface area contributed by atoms with E-state index in [9.17, 15) is 4.79 Å². The summed E-state index contributed by atoms with van der Waals surface area (Å²) in [7, 11) is 1.59. The van der Waals surface area contributed by atoms with Gasteiger partial charge in [-0.2, -0.15) is 5.10 Å². The second-order valence-corrected chi connectivity index (χ2v) is 6.24. The molecule has 0 aliphatic rings. The summed E-state index contributed by atoms with van der Waals surface area (Å²) in [6.45, 7) is 0.752. The van der Waals surface area contributed by atoms with Crippen LogP contribution in [0.25, 0.3) is 11.8 Å². The highest BCUT2D eigenvalue weighted by Crippen LogP contribution is 2.32. The number of para-hydroxylation sites is 2. The molecule has 7 heteroatoms. The monoisotopic (exact) mass is 397 g/mol. The first kappa shape index (κ1) is 19.7. The summed E-state index contributed by atoms with van der Waals surface area (Å²) in [6, 6.07) is 14.9. The van der Waals surface area contributed by atoms with E-state index in [0.29, 0.717) is 29.7 Å². The third-order valence-corrected chi connectivity index (χ3v) is 4.11. The van der Waals surface area contributed by atoms with Gasteiger partial charge in [-0.25, -0.2) is 4.68 Å². The van der Waals surface area contributed by atoms with Crippen LogP contribution in [0, 0.1) is 0 Å². The van der Waals surface area contributed by atoms with E-state index in [2.05, 4.69) is 10.4 Å². The second-order valence-electron chi connectivity index (χ2n) is 5.83. The molecule has 28 heavy (non-hydrogen) atoms. The molecule has 0 radical (unpaired) electrons. The quantitative estimate of drug-likeness (QED) is 0.457. The molecule has 0 bridgehead atoms. The lowest BCUT2D eigenvalue weighted by Gasteiger charge is -2.13. The summed E-state index contributed by atoms with van der Waals surface area (Å²) in [4.78, 5) is 12.3. The molecule has 6 nitrogen and oxygen atoms in total. The minimum Gasteiger partial charge on any atom is -0.487 e. The molecule has 3 aromatic rings. The van der Waals surface area contributed by atoms with Gasteiger partial charge >= 0.3 is 0 Å². The van der Waals surface area contributed by atoms with Gasteiger partial charge in [-0.05, 0) is 30.3 Å². The maximum absolute atomic E-state index is 12.3. The van der Waals surface area contributed by atoms with E-state index in [-0.39, 0.29) is 5.91 Å². The van der Waals surface area contributed by atoms with Gasteiger partial charge in [-0.3, -0.25) is 4.79 Å². The standard InChI is InChI=1S/C21H20ClN3O3/c1-27-12-13-28-21-18(22)8-5-9-19(21)24-20(26)11-10-16-14-23-25(15-16)17-6-3-2-4-7-17/h2-11,14-15H,12-13H2,1H3,(H,24,26)/b11-10+. The van der Waals surface area contributed by atoms with E-state index >= 15 is 0 Å². The number of nitrogens with zero attached hydrogens (tertiary/aromatic N) is 2. The van der Waals surface area contributed by atoms with Crippen molar-refractivity contribution in [3.63, 3.8) is 0 Å². The van der Waals surface area contributed by atoms with Crippen LogP contribution in [0.5, 0.6) is 5.75 Å². The molecule has 0 atom stereocenters. The maximum Gasteiger partial charge on any atom is 0.248 e. The summed E-state index contributed by atoms with van der Waals surface area (Å²) >= 11 is 6.18. The highest BCUT2D eigenvalue weighted by Gasteiger charge is 2.10. The number of ether oxygens (including phenoxy) is 2. The Morgan fingerprint density at radius 2 is 2.00 bits per heavy atom. The van der Waals surface area contributed by atoms with E-state index in [1.807, 2.05) is 36.5 Å². The molecule has 0 aliphatic carbocycles. The van der Waals surface area contributed by atoms with E-state index in [4.69, 9.17) is 21.1 Å². The number of amides is 1. The average molecular weight is 398 g/mol. The molecule has 0 spiro atoms. The van der Waals surface area contributed by atoms with Gasteiger partial charge in [-0.1, -0.05) is 35.9 Å². The van der Waals surface area contributed by atoms with Gasteiger partial charge in [0.2, 0.25) is 5.91 Å². The van der Waals surface area contributed by atoms with Crippen LogP contribution in [0.3, 0.4) is 0 Å².